The highest BCUT2D eigenvalue weighted by Gasteiger charge is 2.14. The Morgan fingerprint density at radius 3 is 2.55 bits per heavy atom. The Kier molecular flexibility index (Phi) is 2.94. The van der Waals surface area contributed by atoms with Gasteiger partial charge in [-0.3, -0.25) is 0 Å². The first-order valence-corrected chi connectivity index (χ1v) is 6.09. The van der Waals surface area contributed by atoms with Crippen LogP contribution in [-0.4, -0.2) is 4.98 Å². The molecule has 96 valence electrons. The molecule has 0 fully saturated rings. The van der Waals surface area contributed by atoms with Crippen LogP contribution in [0.1, 0.15) is 5.56 Å². The van der Waals surface area contributed by atoms with Gasteiger partial charge in [-0.1, -0.05) is 30.3 Å². The molecule has 20 heavy (non-hydrogen) atoms. The molecule has 3 aromatic rings. The molecule has 0 saturated heterocycles. The molecular formula is C16H11N3O. The van der Waals surface area contributed by atoms with Crippen molar-refractivity contribution < 1.29 is 4.42 Å². The maximum atomic E-state index is 9.25. The van der Waals surface area contributed by atoms with E-state index in [1.54, 1.807) is 18.4 Å². The number of nitriles is 1. The second kappa shape index (κ2) is 4.90. The molecule has 2 heterocycles. The summed E-state index contributed by atoms with van der Waals surface area (Å²) in [6, 6.07) is 17.2. The van der Waals surface area contributed by atoms with Gasteiger partial charge in [0, 0.05) is 11.1 Å². The third kappa shape index (κ3) is 2.02. The average molecular weight is 261 g/mol. The number of hydrogen-bond donors (Lipinski definition) is 1. The molecule has 4 nitrogen and oxygen atoms in total. The summed E-state index contributed by atoms with van der Waals surface area (Å²) in [5, 5.41) is 9.25. The average Bonchev–Trinajstić information content (AvgIpc) is 3.01. The summed E-state index contributed by atoms with van der Waals surface area (Å²) in [5.74, 6) is 0.813. The third-order valence-electron chi connectivity index (χ3n) is 3.02. The van der Waals surface area contributed by atoms with E-state index in [1.165, 1.54) is 0 Å². The lowest BCUT2D eigenvalue weighted by molar-refractivity contribution is 0.582. The molecule has 3 rings (SSSR count). The smallest absolute Gasteiger partial charge is 0.142 e. The molecule has 1 aromatic carbocycles. The Hall–Kier alpha value is -3.06. The number of nitrogen functional groups attached to an aromatic ring is 1. The van der Waals surface area contributed by atoms with Gasteiger partial charge in [0.2, 0.25) is 0 Å². The molecule has 0 aliphatic heterocycles. The zero-order valence-corrected chi connectivity index (χ0v) is 10.6. The molecule has 0 saturated carbocycles. The van der Waals surface area contributed by atoms with Crippen molar-refractivity contribution in [3.8, 4) is 28.7 Å². The molecule has 0 atom stereocenters. The first-order valence-electron chi connectivity index (χ1n) is 6.09. The lowest BCUT2D eigenvalue weighted by atomic mass is 10.0. The lowest BCUT2D eigenvalue weighted by Gasteiger charge is -2.08. The fourth-order valence-corrected chi connectivity index (χ4v) is 2.07. The highest BCUT2D eigenvalue weighted by molar-refractivity contribution is 5.77. The van der Waals surface area contributed by atoms with Crippen LogP contribution in [-0.2, 0) is 0 Å². The standard InChI is InChI=1S/C16H11N3O/c17-10-13-12(15-7-4-8-20-15)9-14(19-16(13)18)11-5-2-1-3-6-11/h1-9H,(H2,18,19). The van der Waals surface area contributed by atoms with Crippen LogP contribution in [0.4, 0.5) is 5.82 Å². The van der Waals surface area contributed by atoms with Gasteiger partial charge in [-0.15, -0.1) is 0 Å². The minimum Gasteiger partial charge on any atom is -0.464 e. The summed E-state index contributed by atoms with van der Waals surface area (Å²) in [4.78, 5) is 4.30. The second-order valence-corrected chi connectivity index (χ2v) is 4.27. The van der Waals surface area contributed by atoms with Crippen LogP contribution in [0.5, 0.6) is 0 Å². The van der Waals surface area contributed by atoms with Crippen LogP contribution in [0, 0.1) is 11.3 Å². The van der Waals surface area contributed by atoms with E-state index in [-0.39, 0.29) is 5.82 Å². The van der Waals surface area contributed by atoms with E-state index in [1.807, 2.05) is 36.4 Å². The quantitative estimate of drug-likeness (QED) is 0.766. The van der Waals surface area contributed by atoms with Crippen molar-refractivity contribution in [2.45, 2.75) is 0 Å². The molecule has 0 aliphatic carbocycles. The minimum atomic E-state index is 0.209. The predicted octanol–water partition coefficient (Wildman–Crippen LogP) is 3.46. The largest absolute Gasteiger partial charge is 0.464 e. The van der Waals surface area contributed by atoms with Crippen molar-refractivity contribution >= 4 is 5.82 Å². The zero-order chi connectivity index (χ0) is 13.9. The maximum absolute atomic E-state index is 9.25. The van der Waals surface area contributed by atoms with Crippen LogP contribution in [0.25, 0.3) is 22.6 Å². The van der Waals surface area contributed by atoms with E-state index < -0.39 is 0 Å². The number of nitrogens with two attached hydrogens (primary N) is 1. The molecule has 0 radical (unpaired) electrons. The Labute approximate surface area is 116 Å². The number of hydrogen-bond acceptors (Lipinski definition) is 4. The van der Waals surface area contributed by atoms with Gasteiger partial charge in [-0.25, -0.2) is 4.98 Å². The molecular weight excluding hydrogens is 250 g/mol. The summed E-state index contributed by atoms with van der Waals surface area (Å²) in [6.07, 6.45) is 1.56. The van der Waals surface area contributed by atoms with Gasteiger partial charge in [-0.2, -0.15) is 5.26 Å². The maximum Gasteiger partial charge on any atom is 0.142 e. The molecule has 2 aromatic heterocycles. The molecule has 2 N–H and O–H groups in total. The first-order chi connectivity index (χ1) is 9.79. The number of furan rings is 1. The van der Waals surface area contributed by atoms with E-state index in [0.29, 0.717) is 22.6 Å². The Morgan fingerprint density at radius 1 is 1.10 bits per heavy atom. The summed E-state index contributed by atoms with van der Waals surface area (Å²) < 4.78 is 5.37. The van der Waals surface area contributed by atoms with E-state index in [9.17, 15) is 5.26 Å². The number of nitrogens with zero attached hydrogens (tertiary/aromatic N) is 2. The molecule has 0 unspecified atom stereocenters. The van der Waals surface area contributed by atoms with Crippen molar-refractivity contribution in [2.75, 3.05) is 5.73 Å². The van der Waals surface area contributed by atoms with Crippen LogP contribution < -0.4 is 5.73 Å². The zero-order valence-electron chi connectivity index (χ0n) is 10.6. The van der Waals surface area contributed by atoms with Gasteiger partial charge in [0.25, 0.3) is 0 Å². The molecule has 0 amide bonds. The fourth-order valence-electron chi connectivity index (χ4n) is 2.07. The summed E-state index contributed by atoms with van der Waals surface area (Å²) in [6.45, 7) is 0. The van der Waals surface area contributed by atoms with Gasteiger partial charge >= 0.3 is 0 Å². The normalized spacial score (nSPS) is 10.2. The van der Waals surface area contributed by atoms with Crippen LogP contribution in [0.3, 0.4) is 0 Å². The summed E-state index contributed by atoms with van der Waals surface area (Å²) in [5.41, 5.74) is 8.55. The van der Waals surface area contributed by atoms with E-state index >= 15 is 0 Å². The van der Waals surface area contributed by atoms with Gasteiger partial charge in [-0.05, 0) is 18.2 Å². The highest BCUT2D eigenvalue weighted by atomic mass is 16.3. The van der Waals surface area contributed by atoms with Gasteiger partial charge in [0.05, 0.1) is 12.0 Å². The second-order valence-electron chi connectivity index (χ2n) is 4.27. The number of aromatic nitrogens is 1. The SMILES string of the molecule is N#Cc1c(-c2ccco2)cc(-c2ccccc2)nc1N. The highest BCUT2D eigenvalue weighted by Crippen LogP contribution is 2.31. The fraction of sp³-hybridized carbons (Fsp3) is 0. The number of anilines is 1. The Balaban J connectivity index is 2.24. The number of rotatable bonds is 2. The van der Waals surface area contributed by atoms with E-state index in [0.717, 1.165) is 5.56 Å². The van der Waals surface area contributed by atoms with Crippen LogP contribution in [0.2, 0.25) is 0 Å². The van der Waals surface area contributed by atoms with Crippen molar-refractivity contribution in [2.24, 2.45) is 0 Å². The molecule has 0 spiro atoms. The molecule has 0 aliphatic rings. The van der Waals surface area contributed by atoms with Crippen LogP contribution in [0.15, 0.2) is 59.2 Å². The van der Waals surface area contributed by atoms with Crippen molar-refractivity contribution in [1.82, 2.24) is 4.98 Å². The van der Waals surface area contributed by atoms with Crippen LogP contribution >= 0.6 is 0 Å². The van der Waals surface area contributed by atoms with Gasteiger partial charge < -0.3 is 10.2 Å². The summed E-state index contributed by atoms with van der Waals surface area (Å²) >= 11 is 0. The Morgan fingerprint density at radius 2 is 1.90 bits per heavy atom. The molecule has 0 bridgehead atoms. The minimum absolute atomic E-state index is 0.209. The monoisotopic (exact) mass is 261 g/mol. The van der Waals surface area contributed by atoms with Crippen molar-refractivity contribution in [3.05, 3.63) is 60.4 Å². The molecule has 4 heteroatoms. The topological polar surface area (TPSA) is 75.8 Å². The Bertz CT molecular complexity index is 771. The van der Waals surface area contributed by atoms with Crippen molar-refractivity contribution in [3.63, 3.8) is 0 Å². The van der Waals surface area contributed by atoms with E-state index in [4.69, 9.17) is 10.2 Å². The first kappa shape index (κ1) is 12.0. The van der Waals surface area contributed by atoms with Gasteiger partial charge in [0.1, 0.15) is 23.2 Å². The number of benzene rings is 1. The van der Waals surface area contributed by atoms with Gasteiger partial charge in [0.15, 0.2) is 0 Å². The predicted molar refractivity (Wildman–Crippen MR) is 76.5 cm³/mol. The van der Waals surface area contributed by atoms with E-state index in [2.05, 4.69) is 11.1 Å². The summed E-state index contributed by atoms with van der Waals surface area (Å²) in [7, 11) is 0. The third-order valence-corrected chi connectivity index (χ3v) is 3.02. The van der Waals surface area contributed by atoms with Crippen molar-refractivity contribution in [1.29, 1.82) is 5.26 Å². The lowest BCUT2D eigenvalue weighted by Crippen LogP contribution is -1.99. The number of pyridine rings is 1.